The van der Waals surface area contributed by atoms with Crippen LogP contribution in [-0.4, -0.2) is 14.2 Å². The van der Waals surface area contributed by atoms with Crippen molar-refractivity contribution >= 4 is 0 Å². The summed E-state index contributed by atoms with van der Waals surface area (Å²) < 4.78 is 37.5. The van der Waals surface area contributed by atoms with E-state index < -0.39 is 11.5 Å². The van der Waals surface area contributed by atoms with Crippen molar-refractivity contribution < 1.29 is 18.3 Å². The normalized spacial score (nSPS) is 17.4. The molecule has 0 bridgehead atoms. The molecule has 1 aliphatic carbocycles. The van der Waals surface area contributed by atoms with Gasteiger partial charge in [0.15, 0.2) is 11.5 Å². The first-order valence-corrected chi connectivity index (χ1v) is 5.75. The maximum Gasteiger partial charge on any atom is 0.270 e. The summed E-state index contributed by atoms with van der Waals surface area (Å²) in [5.74, 6) is -2.23. The van der Waals surface area contributed by atoms with E-state index in [1.807, 2.05) is 0 Å². The Morgan fingerprint density at radius 1 is 1.17 bits per heavy atom. The molecule has 0 unspecified atom stereocenters. The third-order valence-electron chi connectivity index (χ3n) is 3.32. The van der Waals surface area contributed by atoms with Crippen molar-refractivity contribution in [2.24, 2.45) is 5.73 Å². The molecule has 2 N–H and O–H groups in total. The lowest BCUT2D eigenvalue weighted by molar-refractivity contribution is 0.0157. The number of hydrogen-bond donors (Lipinski definition) is 1. The maximum atomic E-state index is 13.7. The second kappa shape index (κ2) is 4.09. The summed E-state index contributed by atoms with van der Waals surface area (Å²) in [7, 11) is 2.89. The molecule has 100 valence electrons. The summed E-state index contributed by atoms with van der Waals surface area (Å²) in [6, 6.07) is 2.89. The Bertz CT molecular complexity index is 433. The van der Waals surface area contributed by atoms with E-state index in [0.717, 1.165) is 6.92 Å². The Balaban J connectivity index is 2.62. The van der Waals surface area contributed by atoms with Crippen molar-refractivity contribution in [1.29, 1.82) is 0 Å². The second-order valence-electron chi connectivity index (χ2n) is 4.80. The van der Waals surface area contributed by atoms with E-state index in [1.165, 1.54) is 20.3 Å². The molecule has 0 amide bonds. The van der Waals surface area contributed by atoms with E-state index in [-0.39, 0.29) is 5.56 Å². The van der Waals surface area contributed by atoms with Gasteiger partial charge in [0.25, 0.3) is 5.92 Å². The van der Waals surface area contributed by atoms with Gasteiger partial charge in [-0.25, -0.2) is 8.78 Å². The zero-order chi connectivity index (χ0) is 13.6. The van der Waals surface area contributed by atoms with Gasteiger partial charge in [-0.2, -0.15) is 0 Å². The van der Waals surface area contributed by atoms with Crippen molar-refractivity contribution in [1.82, 2.24) is 0 Å². The highest BCUT2D eigenvalue weighted by Gasteiger charge is 2.45. The van der Waals surface area contributed by atoms with Crippen LogP contribution in [-0.2, 0) is 11.5 Å². The highest BCUT2D eigenvalue weighted by Crippen LogP contribution is 2.50. The topological polar surface area (TPSA) is 44.5 Å². The number of halogens is 2. The fourth-order valence-corrected chi connectivity index (χ4v) is 2.06. The second-order valence-corrected chi connectivity index (χ2v) is 4.80. The van der Waals surface area contributed by atoms with Crippen LogP contribution in [0.4, 0.5) is 8.78 Å². The van der Waals surface area contributed by atoms with E-state index in [0.29, 0.717) is 29.9 Å². The smallest absolute Gasteiger partial charge is 0.270 e. The molecule has 1 fully saturated rings. The van der Waals surface area contributed by atoms with E-state index in [9.17, 15) is 8.78 Å². The van der Waals surface area contributed by atoms with Gasteiger partial charge >= 0.3 is 0 Å². The zero-order valence-electron chi connectivity index (χ0n) is 10.7. The Morgan fingerprint density at radius 2 is 1.67 bits per heavy atom. The van der Waals surface area contributed by atoms with Crippen molar-refractivity contribution in [2.75, 3.05) is 14.2 Å². The lowest BCUT2D eigenvalue weighted by Gasteiger charge is -2.22. The standard InChI is InChI=1S/C13H17F2NO2/c1-12(14,15)8-6-10(17-2)11(18-3)7-9(8)13(16)4-5-13/h6-7H,4-5,16H2,1-3H3. The molecule has 0 spiro atoms. The molecule has 5 heteroatoms. The summed E-state index contributed by atoms with van der Waals surface area (Å²) in [6.07, 6.45) is 1.43. The number of nitrogens with two attached hydrogens (primary N) is 1. The molecular weight excluding hydrogens is 240 g/mol. The summed E-state index contributed by atoms with van der Waals surface area (Å²) in [5, 5.41) is 0. The van der Waals surface area contributed by atoms with Gasteiger partial charge in [-0.05, 0) is 30.5 Å². The SMILES string of the molecule is COc1cc(C(C)(F)F)c(C2(N)CC2)cc1OC. The van der Waals surface area contributed by atoms with Crippen LogP contribution < -0.4 is 15.2 Å². The van der Waals surface area contributed by atoms with Gasteiger partial charge in [-0.1, -0.05) is 0 Å². The molecule has 1 aromatic carbocycles. The number of rotatable bonds is 4. The summed E-state index contributed by atoms with van der Waals surface area (Å²) in [6.45, 7) is 0.865. The Hall–Kier alpha value is -1.36. The van der Waals surface area contributed by atoms with Crippen LogP contribution in [0, 0.1) is 0 Å². The molecule has 0 aromatic heterocycles. The lowest BCUT2D eigenvalue weighted by atomic mass is 9.94. The molecule has 0 aliphatic heterocycles. The van der Waals surface area contributed by atoms with Crippen molar-refractivity contribution in [3.8, 4) is 11.5 Å². The third-order valence-corrected chi connectivity index (χ3v) is 3.32. The Kier molecular flexibility index (Phi) is 2.97. The molecule has 0 saturated heterocycles. The van der Waals surface area contributed by atoms with Crippen LogP contribution >= 0.6 is 0 Å². The van der Waals surface area contributed by atoms with Crippen molar-refractivity contribution in [3.05, 3.63) is 23.3 Å². The fraction of sp³-hybridized carbons (Fsp3) is 0.538. The summed E-state index contributed by atoms with van der Waals surface area (Å²) >= 11 is 0. The summed E-state index contributed by atoms with van der Waals surface area (Å²) in [4.78, 5) is 0. The number of ether oxygens (including phenoxy) is 2. The van der Waals surface area contributed by atoms with E-state index in [1.54, 1.807) is 6.07 Å². The quantitative estimate of drug-likeness (QED) is 0.902. The van der Waals surface area contributed by atoms with Crippen LogP contribution in [0.5, 0.6) is 11.5 Å². The lowest BCUT2D eigenvalue weighted by Crippen LogP contribution is -2.24. The monoisotopic (exact) mass is 257 g/mol. The van der Waals surface area contributed by atoms with Crippen LogP contribution in [0.3, 0.4) is 0 Å². The molecule has 1 aliphatic rings. The average Bonchev–Trinajstić information content (AvgIpc) is 3.05. The van der Waals surface area contributed by atoms with Gasteiger partial charge < -0.3 is 15.2 Å². The van der Waals surface area contributed by atoms with E-state index in [4.69, 9.17) is 15.2 Å². The predicted octanol–water partition coefficient (Wildman–Crippen LogP) is 2.76. The van der Waals surface area contributed by atoms with Gasteiger partial charge in [0, 0.05) is 18.0 Å². The molecule has 3 nitrogen and oxygen atoms in total. The molecule has 1 aromatic rings. The first-order chi connectivity index (χ1) is 8.31. The van der Waals surface area contributed by atoms with Crippen molar-refractivity contribution in [3.63, 3.8) is 0 Å². The van der Waals surface area contributed by atoms with Gasteiger partial charge in [-0.15, -0.1) is 0 Å². The van der Waals surface area contributed by atoms with Gasteiger partial charge in [-0.3, -0.25) is 0 Å². The predicted molar refractivity (Wildman–Crippen MR) is 64.2 cm³/mol. The fourth-order valence-electron chi connectivity index (χ4n) is 2.06. The molecular formula is C13H17F2NO2. The number of hydrogen-bond acceptors (Lipinski definition) is 3. The number of methoxy groups -OCH3 is 2. The minimum atomic E-state index is -2.95. The highest BCUT2D eigenvalue weighted by molar-refractivity contribution is 5.52. The minimum Gasteiger partial charge on any atom is -0.493 e. The molecule has 0 heterocycles. The van der Waals surface area contributed by atoms with Crippen LogP contribution in [0.2, 0.25) is 0 Å². The van der Waals surface area contributed by atoms with Gasteiger partial charge in [0.2, 0.25) is 0 Å². The molecule has 18 heavy (non-hydrogen) atoms. The third kappa shape index (κ3) is 2.14. The van der Waals surface area contributed by atoms with Crippen molar-refractivity contribution in [2.45, 2.75) is 31.2 Å². The van der Waals surface area contributed by atoms with Gasteiger partial charge in [0.1, 0.15) is 0 Å². The highest BCUT2D eigenvalue weighted by atomic mass is 19.3. The maximum absolute atomic E-state index is 13.7. The number of alkyl halides is 2. The Labute approximate surface area is 105 Å². The molecule has 2 rings (SSSR count). The largest absolute Gasteiger partial charge is 0.493 e. The van der Waals surface area contributed by atoms with E-state index >= 15 is 0 Å². The summed E-state index contributed by atoms with van der Waals surface area (Å²) in [5.41, 5.74) is 5.77. The van der Waals surface area contributed by atoms with Crippen LogP contribution in [0.1, 0.15) is 30.9 Å². The first-order valence-electron chi connectivity index (χ1n) is 5.75. The molecule has 0 radical (unpaired) electrons. The molecule has 1 saturated carbocycles. The molecule has 0 atom stereocenters. The Morgan fingerprint density at radius 3 is 2.06 bits per heavy atom. The van der Waals surface area contributed by atoms with E-state index in [2.05, 4.69) is 0 Å². The van der Waals surface area contributed by atoms with Gasteiger partial charge in [0.05, 0.1) is 14.2 Å². The zero-order valence-corrected chi connectivity index (χ0v) is 10.7. The first kappa shape index (κ1) is 13.1. The minimum absolute atomic E-state index is 0.0832. The number of benzene rings is 1. The van der Waals surface area contributed by atoms with Crippen LogP contribution in [0.25, 0.3) is 0 Å². The van der Waals surface area contributed by atoms with Crippen LogP contribution in [0.15, 0.2) is 12.1 Å². The average molecular weight is 257 g/mol.